The Hall–Kier alpha value is -2.28. The van der Waals surface area contributed by atoms with Gasteiger partial charge in [0.25, 0.3) is 0 Å². The zero-order chi connectivity index (χ0) is 16.9. The lowest BCUT2D eigenvalue weighted by molar-refractivity contribution is 0.149. The van der Waals surface area contributed by atoms with Gasteiger partial charge in [0.05, 0.1) is 6.61 Å². The number of aromatic nitrogens is 3. The Morgan fingerprint density at radius 3 is 3.12 bits per heavy atom. The van der Waals surface area contributed by atoms with Crippen LogP contribution >= 0.6 is 0 Å². The molecule has 0 spiro atoms. The van der Waals surface area contributed by atoms with Gasteiger partial charge in [0.15, 0.2) is 11.5 Å². The van der Waals surface area contributed by atoms with E-state index >= 15 is 0 Å². The summed E-state index contributed by atoms with van der Waals surface area (Å²) in [6.45, 7) is 5.35. The molecule has 1 saturated heterocycles. The summed E-state index contributed by atoms with van der Waals surface area (Å²) >= 11 is 0. The van der Waals surface area contributed by atoms with Crippen molar-refractivity contribution in [1.29, 1.82) is 0 Å². The molecule has 25 heavy (non-hydrogen) atoms. The van der Waals surface area contributed by atoms with Crippen LogP contribution in [0.4, 0.5) is 0 Å². The van der Waals surface area contributed by atoms with Crippen molar-refractivity contribution < 1.29 is 14.2 Å². The minimum atomic E-state index is 0.295. The van der Waals surface area contributed by atoms with Crippen molar-refractivity contribution in [1.82, 2.24) is 19.7 Å². The number of hydrogen-bond acceptors (Lipinski definition) is 6. The van der Waals surface area contributed by atoms with E-state index < -0.39 is 0 Å². The minimum Gasteiger partial charge on any atom is -0.493 e. The van der Waals surface area contributed by atoms with Crippen LogP contribution in [0.25, 0.3) is 0 Å². The van der Waals surface area contributed by atoms with E-state index in [-0.39, 0.29) is 0 Å². The SMILES string of the molecule is c1ncn(C[C@@H]2CCCN(CCCOc3ccc4c(c3)OCO4)C2)n1. The van der Waals surface area contributed by atoms with Crippen LogP contribution in [0, 0.1) is 5.92 Å². The second-order valence-electron chi connectivity index (χ2n) is 6.64. The van der Waals surface area contributed by atoms with Crippen molar-refractivity contribution in [3.8, 4) is 17.2 Å². The van der Waals surface area contributed by atoms with Crippen LogP contribution in [0.1, 0.15) is 19.3 Å². The Balaban J connectivity index is 1.18. The molecule has 0 radical (unpaired) electrons. The molecule has 1 atom stereocenters. The Labute approximate surface area is 147 Å². The first kappa shape index (κ1) is 16.2. The molecule has 1 aromatic heterocycles. The molecule has 2 aliphatic rings. The van der Waals surface area contributed by atoms with E-state index in [1.807, 2.05) is 22.9 Å². The average Bonchev–Trinajstić information content (AvgIpc) is 3.30. The summed E-state index contributed by atoms with van der Waals surface area (Å²) in [6, 6.07) is 5.73. The van der Waals surface area contributed by atoms with Crippen LogP contribution in [0.5, 0.6) is 17.2 Å². The van der Waals surface area contributed by atoms with Crippen molar-refractivity contribution in [2.75, 3.05) is 33.0 Å². The molecule has 3 heterocycles. The number of rotatable bonds is 7. The van der Waals surface area contributed by atoms with Crippen LogP contribution in [-0.4, -0.2) is 52.7 Å². The van der Waals surface area contributed by atoms with Crippen LogP contribution in [0.15, 0.2) is 30.9 Å². The molecular formula is C18H24N4O3. The first-order chi connectivity index (χ1) is 12.4. The van der Waals surface area contributed by atoms with E-state index in [4.69, 9.17) is 14.2 Å². The predicted molar refractivity (Wildman–Crippen MR) is 91.9 cm³/mol. The van der Waals surface area contributed by atoms with Gasteiger partial charge in [-0.05, 0) is 43.9 Å². The van der Waals surface area contributed by atoms with Crippen LogP contribution in [-0.2, 0) is 6.54 Å². The van der Waals surface area contributed by atoms with E-state index in [1.54, 1.807) is 12.7 Å². The topological polar surface area (TPSA) is 61.6 Å². The summed E-state index contributed by atoms with van der Waals surface area (Å²) < 4.78 is 18.5. The highest BCUT2D eigenvalue weighted by atomic mass is 16.7. The van der Waals surface area contributed by atoms with Crippen molar-refractivity contribution in [3.05, 3.63) is 30.9 Å². The quantitative estimate of drug-likeness (QED) is 0.718. The Kier molecular flexibility index (Phi) is 5.01. The van der Waals surface area contributed by atoms with Gasteiger partial charge >= 0.3 is 0 Å². The molecule has 2 aliphatic heterocycles. The van der Waals surface area contributed by atoms with Crippen molar-refractivity contribution in [3.63, 3.8) is 0 Å². The van der Waals surface area contributed by atoms with Gasteiger partial charge in [0.2, 0.25) is 6.79 Å². The lowest BCUT2D eigenvalue weighted by Crippen LogP contribution is -2.38. The molecule has 7 heteroatoms. The third-order valence-corrected chi connectivity index (χ3v) is 4.75. The molecule has 134 valence electrons. The van der Waals surface area contributed by atoms with Gasteiger partial charge in [0, 0.05) is 25.7 Å². The number of ether oxygens (including phenoxy) is 3. The standard InChI is InChI=1S/C18H24N4O3/c1-3-15(11-22-13-19-12-20-22)10-21(6-1)7-2-8-23-16-4-5-17-18(9-16)25-14-24-17/h4-5,9,12-13,15H,1-3,6-8,10-11,14H2/t15-/m1/s1. The largest absolute Gasteiger partial charge is 0.493 e. The minimum absolute atomic E-state index is 0.295. The zero-order valence-electron chi connectivity index (χ0n) is 14.3. The molecule has 0 saturated carbocycles. The molecule has 2 aromatic rings. The van der Waals surface area contributed by atoms with Gasteiger partial charge in [0.1, 0.15) is 18.4 Å². The van der Waals surface area contributed by atoms with Gasteiger partial charge in [-0.15, -0.1) is 0 Å². The Bertz CT molecular complexity index is 677. The number of piperidine rings is 1. The van der Waals surface area contributed by atoms with Gasteiger partial charge in [-0.1, -0.05) is 0 Å². The maximum absolute atomic E-state index is 5.85. The molecule has 0 bridgehead atoms. The average molecular weight is 344 g/mol. The number of likely N-dealkylation sites (tertiary alicyclic amines) is 1. The fraction of sp³-hybridized carbons (Fsp3) is 0.556. The van der Waals surface area contributed by atoms with Gasteiger partial charge < -0.3 is 19.1 Å². The summed E-state index contributed by atoms with van der Waals surface area (Å²) in [5.41, 5.74) is 0. The summed E-state index contributed by atoms with van der Waals surface area (Å²) in [7, 11) is 0. The van der Waals surface area contributed by atoms with Crippen molar-refractivity contribution in [2.45, 2.75) is 25.8 Å². The third-order valence-electron chi connectivity index (χ3n) is 4.75. The van der Waals surface area contributed by atoms with Crippen molar-refractivity contribution >= 4 is 0 Å². The van der Waals surface area contributed by atoms with Gasteiger partial charge in [-0.2, -0.15) is 5.10 Å². The first-order valence-corrected chi connectivity index (χ1v) is 8.94. The summed E-state index contributed by atoms with van der Waals surface area (Å²) in [4.78, 5) is 6.56. The third kappa shape index (κ3) is 4.22. The fourth-order valence-corrected chi connectivity index (χ4v) is 3.54. The Morgan fingerprint density at radius 1 is 1.24 bits per heavy atom. The summed E-state index contributed by atoms with van der Waals surface area (Å²) in [5.74, 6) is 3.06. The maximum atomic E-state index is 5.85. The molecule has 0 amide bonds. The highest BCUT2D eigenvalue weighted by Gasteiger charge is 2.20. The molecular weight excluding hydrogens is 320 g/mol. The maximum Gasteiger partial charge on any atom is 0.231 e. The molecule has 1 aromatic carbocycles. The van der Waals surface area contributed by atoms with Gasteiger partial charge in [-0.25, -0.2) is 4.98 Å². The van der Waals surface area contributed by atoms with E-state index in [1.165, 1.54) is 19.4 Å². The predicted octanol–water partition coefficient (Wildman–Crippen LogP) is 2.19. The highest BCUT2D eigenvalue weighted by Crippen LogP contribution is 2.35. The number of nitrogens with zero attached hydrogens (tertiary/aromatic N) is 4. The van der Waals surface area contributed by atoms with Crippen LogP contribution < -0.4 is 14.2 Å². The smallest absolute Gasteiger partial charge is 0.231 e. The molecule has 0 N–H and O–H groups in total. The van der Waals surface area contributed by atoms with E-state index in [9.17, 15) is 0 Å². The van der Waals surface area contributed by atoms with E-state index in [0.717, 1.165) is 43.3 Å². The molecule has 4 rings (SSSR count). The monoisotopic (exact) mass is 344 g/mol. The summed E-state index contributed by atoms with van der Waals surface area (Å²) in [6.07, 6.45) is 6.95. The second-order valence-corrected chi connectivity index (χ2v) is 6.64. The molecule has 0 unspecified atom stereocenters. The summed E-state index contributed by atoms with van der Waals surface area (Å²) in [5, 5.41) is 4.22. The van der Waals surface area contributed by atoms with E-state index in [0.29, 0.717) is 19.3 Å². The van der Waals surface area contributed by atoms with Crippen molar-refractivity contribution in [2.24, 2.45) is 5.92 Å². The van der Waals surface area contributed by atoms with Crippen LogP contribution in [0.3, 0.4) is 0 Å². The highest BCUT2D eigenvalue weighted by molar-refractivity contribution is 5.46. The van der Waals surface area contributed by atoms with E-state index in [2.05, 4.69) is 15.0 Å². The Morgan fingerprint density at radius 2 is 2.20 bits per heavy atom. The second kappa shape index (κ2) is 7.74. The van der Waals surface area contributed by atoms with Gasteiger partial charge in [-0.3, -0.25) is 4.68 Å². The number of benzene rings is 1. The number of hydrogen-bond donors (Lipinski definition) is 0. The number of fused-ring (bicyclic) bond motifs is 1. The molecule has 7 nitrogen and oxygen atoms in total. The molecule has 0 aliphatic carbocycles. The lowest BCUT2D eigenvalue weighted by Gasteiger charge is -2.32. The zero-order valence-corrected chi connectivity index (χ0v) is 14.3. The first-order valence-electron chi connectivity index (χ1n) is 8.94. The lowest BCUT2D eigenvalue weighted by atomic mass is 9.98. The molecule has 1 fully saturated rings. The van der Waals surface area contributed by atoms with Crippen LogP contribution in [0.2, 0.25) is 0 Å². The normalized spacial score (nSPS) is 19.9. The fourth-order valence-electron chi connectivity index (χ4n) is 3.54.